The lowest BCUT2D eigenvalue weighted by atomic mass is 9.96. The molecule has 1 N–H and O–H groups in total. The molecule has 1 fully saturated rings. The molecule has 88 valence electrons. The molecule has 0 amide bonds. The molecule has 0 bridgehead atoms. The minimum absolute atomic E-state index is 0.369. The number of ether oxygens (including phenoxy) is 1. The molecule has 2 rings (SSSR count). The number of rotatable bonds is 4. The van der Waals surface area contributed by atoms with Gasteiger partial charge >= 0.3 is 0 Å². The summed E-state index contributed by atoms with van der Waals surface area (Å²) in [4.78, 5) is 0. The van der Waals surface area contributed by atoms with Gasteiger partial charge in [-0.25, -0.2) is 0 Å². The molecule has 16 heavy (non-hydrogen) atoms. The minimum Gasteiger partial charge on any atom is -0.489 e. The Morgan fingerprint density at radius 3 is 2.69 bits per heavy atom. The lowest BCUT2D eigenvalue weighted by molar-refractivity contribution is 0.119. The number of nitrogens with one attached hydrogen (secondary N) is 1. The normalized spacial score (nSPS) is 17.9. The molecule has 1 aliphatic rings. The van der Waals surface area contributed by atoms with E-state index in [0.717, 1.165) is 10.2 Å². The quantitative estimate of drug-likeness (QED) is 0.911. The van der Waals surface area contributed by atoms with Crippen molar-refractivity contribution in [3.05, 3.63) is 28.2 Å². The van der Waals surface area contributed by atoms with Gasteiger partial charge in [-0.2, -0.15) is 0 Å². The van der Waals surface area contributed by atoms with Crippen molar-refractivity contribution in [2.75, 3.05) is 7.05 Å². The van der Waals surface area contributed by atoms with Crippen LogP contribution in [0, 0.1) is 0 Å². The molecule has 0 heterocycles. The van der Waals surface area contributed by atoms with E-state index >= 15 is 0 Å². The van der Waals surface area contributed by atoms with Crippen LogP contribution in [0.2, 0.25) is 0 Å². The Bertz CT molecular complexity index is 363. The fourth-order valence-corrected chi connectivity index (χ4v) is 2.21. The van der Waals surface area contributed by atoms with E-state index in [2.05, 4.69) is 46.4 Å². The van der Waals surface area contributed by atoms with Crippen LogP contribution in [0.5, 0.6) is 5.75 Å². The van der Waals surface area contributed by atoms with Crippen LogP contribution in [0.25, 0.3) is 0 Å². The minimum atomic E-state index is 0.369. The predicted octanol–water partition coefficient (Wildman–Crippen LogP) is 3.66. The van der Waals surface area contributed by atoms with E-state index in [4.69, 9.17) is 4.74 Å². The number of benzene rings is 1. The van der Waals surface area contributed by atoms with E-state index in [9.17, 15) is 0 Å². The first-order chi connectivity index (χ1) is 7.70. The lowest BCUT2D eigenvalue weighted by Crippen LogP contribution is -2.24. The van der Waals surface area contributed by atoms with Gasteiger partial charge in [0.05, 0.1) is 10.6 Å². The highest BCUT2D eigenvalue weighted by Gasteiger charge is 2.20. The van der Waals surface area contributed by atoms with Crippen LogP contribution in [0.1, 0.15) is 37.8 Å². The van der Waals surface area contributed by atoms with Crippen LogP contribution in [0.4, 0.5) is 0 Å². The van der Waals surface area contributed by atoms with Gasteiger partial charge in [-0.15, -0.1) is 0 Å². The largest absolute Gasteiger partial charge is 0.489 e. The summed E-state index contributed by atoms with van der Waals surface area (Å²) in [5.74, 6) is 0.969. The highest BCUT2D eigenvalue weighted by Crippen LogP contribution is 2.32. The van der Waals surface area contributed by atoms with Gasteiger partial charge in [-0.3, -0.25) is 0 Å². The monoisotopic (exact) mass is 283 g/mol. The molecule has 1 aromatic rings. The number of halogens is 1. The van der Waals surface area contributed by atoms with Gasteiger partial charge in [0, 0.05) is 6.04 Å². The zero-order valence-electron chi connectivity index (χ0n) is 9.79. The first-order valence-electron chi connectivity index (χ1n) is 5.84. The molecule has 0 saturated heterocycles. The van der Waals surface area contributed by atoms with Gasteiger partial charge in [0.25, 0.3) is 0 Å². The molecule has 1 saturated carbocycles. The second kappa shape index (κ2) is 5.19. The average molecular weight is 284 g/mol. The van der Waals surface area contributed by atoms with Crippen molar-refractivity contribution in [1.82, 2.24) is 5.32 Å². The van der Waals surface area contributed by atoms with E-state index in [1.807, 2.05) is 7.05 Å². The zero-order valence-corrected chi connectivity index (χ0v) is 11.4. The third-order valence-corrected chi connectivity index (χ3v) is 3.85. The summed E-state index contributed by atoms with van der Waals surface area (Å²) >= 11 is 3.57. The SMILES string of the molecule is CNC(C)c1ccc(OC2CCC2)c(Br)c1. The molecule has 0 radical (unpaired) electrons. The van der Waals surface area contributed by atoms with Crippen molar-refractivity contribution >= 4 is 15.9 Å². The first-order valence-corrected chi connectivity index (χ1v) is 6.63. The third-order valence-electron chi connectivity index (χ3n) is 3.23. The second-order valence-electron chi connectivity index (χ2n) is 4.37. The molecule has 1 unspecified atom stereocenters. The van der Waals surface area contributed by atoms with Gasteiger partial charge in [-0.05, 0) is 66.9 Å². The van der Waals surface area contributed by atoms with E-state index < -0.39 is 0 Å². The van der Waals surface area contributed by atoms with Crippen LogP contribution < -0.4 is 10.1 Å². The van der Waals surface area contributed by atoms with Crippen LogP contribution >= 0.6 is 15.9 Å². The summed E-state index contributed by atoms with van der Waals surface area (Å²) in [6.07, 6.45) is 4.13. The molecule has 0 aromatic heterocycles. The van der Waals surface area contributed by atoms with Crippen molar-refractivity contribution in [3.8, 4) is 5.75 Å². The number of hydrogen-bond acceptors (Lipinski definition) is 2. The molecule has 0 spiro atoms. The molecule has 1 aromatic carbocycles. The summed E-state index contributed by atoms with van der Waals surface area (Å²) in [6, 6.07) is 6.69. The summed E-state index contributed by atoms with van der Waals surface area (Å²) < 4.78 is 6.94. The van der Waals surface area contributed by atoms with Crippen molar-refractivity contribution < 1.29 is 4.74 Å². The smallest absolute Gasteiger partial charge is 0.133 e. The van der Waals surface area contributed by atoms with Gasteiger partial charge in [-0.1, -0.05) is 6.07 Å². The molecular formula is C13H18BrNO. The highest BCUT2D eigenvalue weighted by atomic mass is 79.9. The zero-order chi connectivity index (χ0) is 11.5. The fraction of sp³-hybridized carbons (Fsp3) is 0.538. The van der Waals surface area contributed by atoms with E-state index in [1.54, 1.807) is 0 Å². The first kappa shape index (κ1) is 11.9. The second-order valence-corrected chi connectivity index (χ2v) is 5.23. The average Bonchev–Trinajstić information content (AvgIpc) is 2.23. The van der Waals surface area contributed by atoms with Crippen molar-refractivity contribution in [3.63, 3.8) is 0 Å². The molecule has 0 aliphatic heterocycles. The lowest BCUT2D eigenvalue weighted by Gasteiger charge is -2.27. The maximum absolute atomic E-state index is 5.88. The molecule has 2 nitrogen and oxygen atoms in total. The van der Waals surface area contributed by atoms with Gasteiger partial charge in [0.2, 0.25) is 0 Å². The molecule has 1 aliphatic carbocycles. The number of hydrogen-bond donors (Lipinski definition) is 1. The summed E-state index contributed by atoms with van der Waals surface area (Å²) in [6.45, 7) is 2.15. The Morgan fingerprint density at radius 2 is 2.19 bits per heavy atom. The topological polar surface area (TPSA) is 21.3 Å². The van der Waals surface area contributed by atoms with Gasteiger partial charge in [0.1, 0.15) is 5.75 Å². The van der Waals surface area contributed by atoms with Crippen molar-refractivity contribution in [2.24, 2.45) is 0 Å². The predicted molar refractivity (Wildman–Crippen MR) is 69.9 cm³/mol. The van der Waals surface area contributed by atoms with Gasteiger partial charge < -0.3 is 10.1 Å². The van der Waals surface area contributed by atoms with Gasteiger partial charge in [0.15, 0.2) is 0 Å². The Morgan fingerprint density at radius 1 is 1.44 bits per heavy atom. The van der Waals surface area contributed by atoms with Crippen LogP contribution in [-0.2, 0) is 0 Å². The molecule has 1 atom stereocenters. The Hall–Kier alpha value is -0.540. The standard InChI is InChI=1S/C13H18BrNO/c1-9(15-2)10-6-7-13(12(14)8-10)16-11-4-3-5-11/h6-9,11,15H,3-5H2,1-2H3. The van der Waals surface area contributed by atoms with Crippen molar-refractivity contribution in [2.45, 2.75) is 38.3 Å². The van der Waals surface area contributed by atoms with Crippen LogP contribution in [0.15, 0.2) is 22.7 Å². The maximum atomic E-state index is 5.88. The van der Waals surface area contributed by atoms with E-state index in [-0.39, 0.29) is 0 Å². The Kier molecular flexibility index (Phi) is 3.87. The molecular weight excluding hydrogens is 266 g/mol. The summed E-state index contributed by atoms with van der Waals surface area (Å²) in [5, 5.41) is 3.23. The van der Waals surface area contributed by atoms with Crippen molar-refractivity contribution in [1.29, 1.82) is 0 Å². The Labute approximate surface area is 106 Å². The van der Waals surface area contributed by atoms with E-state index in [0.29, 0.717) is 12.1 Å². The molecule has 3 heteroatoms. The van der Waals surface area contributed by atoms with Crippen LogP contribution in [0.3, 0.4) is 0 Å². The highest BCUT2D eigenvalue weighted by molar-refractivity contribution is 9.10. The summed E-state index contributed by atoms with van der Waals surface area (Å²) in [5.41, 5.74) is 1.27. The van der Waals surface area contributed by atoms with E-state index in [1.165, 1.54) is 24.8 Å². The van der Waals surface area contributed by atoms with Crippen LogP contribution in [-0.4, -0.2) is 13.2 Å². The third kappa shape index (κ3) is 2.58. The fourth-order valence-electron chi connectivity index (χ4n) is 1.72. The maximum Gasteiger partial charge on any atom is 0.133 e. The Balaban J connectivity index is 2.09. The summed E-state index contributed by atoms with van der Waals surface area (Å²) in [7, 11) is 1.97.